The van der Waals surface area contributed by atoms with Crippen LogP contribution in [-0.2, 0) is 20.8 Å². The Balaban J connectivity index is 1.34. The number of morpholine rings is 1. The summed E-state index contributed by atoms with van der Waals surface area (Å²) in [4.78, 5) is 23.3. The normalized spacial score (nSPS) is 27.3. The standard InChI is InChI=1S/C29H38N4O3/c1-18(2)36-23-9-6-20(7-10-23)29(34)33-15-21-5-4-14-30-28(21)31-25-12-13-26(19(3)27(25)33)32-16-24-11-8-22(32)17-35-24/h4-5,12-14,18,20,22-24H,6-11,15-17H2,1-3H3,(H,30,31)/t20?,22-,23?,24+/m1/s1. The molecule has 1 aliphatic carbocycles. The summed E-state index contributed by atoms with van der Waals surface area (Å²) in [7, 11) is 0. The number of ether oxygens (including phenoxy) is 2. The van der Waals surface area contributed by atoms with Crippen LogP contribution in [0.2, 0.25) is 0 Å². The zero-order chi connectivity index (χ0) is 24.8. The summed E-state index contributed by atoms with van der Waals surface area (Å²) < 4.78 is 12.0. The summed E-state index contributed by atoms with van der Waals surface area (Å²) in [5.74, 6) is 1.08. The molecule has 1 amide bonds. The van der Waals surface area contributed by atoms with E-state index >= 15 is 0 Å². The summed E-state index contributed by atoms with van der Waals surface area (Å²) in [6, 6.07) is 8.79. The van der Waals surface area contributed by atoms with Crippen LogP contribution in [0.3, 0.4) is 0 Å². The highest BCUT2D eigenvalue weighted by molar-refractivity contribution is 6.01. The van der Waals surface area contributed by atoms with Crippen LogP contribution in [0.5, 0.6) is 0 Å². The first-order valence-electron chi connectivity index (χ1n) is 13.7. The molecule has 1 saturated carbocycles. The van der Waals surface area contributed by atoms with Gasteiger partial charge in [-0.25, -0.2) is 4.98 Å². The number of aromatic nitrogens is 1. The van der Waals surface area contributed by atoms with E-state index in [1.807, 2.05) is 17.2 Å². The Hall–Kier alpha value is -2.64. The molecular formula is C29H38N4O3. The van der Waals surface area contributed by atoms with Gasteiger partial charge in [0.2, 0.25) is 5.91 Å². The summed E-state index contributed by atoms with van der Waals surface area (Å²) in [6.45, 7) is 8.60. The van der Waals surface area contributed by atoms with Crippen LogP contribution in [0.4, 0.5) is 22.9 Å². The molecule has 0 spiro atoms. The highest BCUT2D eigenvalue weighted by atomic mass is 16.5. The van der Waals surface area contributed by atoms with Gasteiger partial charge in [0.15, 0.2) is 0 Å². The number of amides is 1. The Labute approximate surface area is 214 Å². The lowest BCUT2D eigenvalue weighted by molar-refractivity contribution is -0.124. The molecule has 7 rings (SSSR count). The molecule has 5 heterocycles. The minimum atomic E-state index is 0.0190. The van der Waals surface area contributed by atoms with Crippen LogP contribution >= 0.6 is 0 Å². The van der Waals surface area contributed by atoms with Crippen LogP contribution in [0.15, 0.2) is 30.5 Å². The van der Waals surface area contributed by atoms with E-state index in [9.17, 15) is 4.79 Å². The van der Waals surface area contributed by atoms with Crippen LogP contribution in [0, 0.1) is 12.8 Å². The average molecular weight is 491 g/mol. The molecule has 4 fully saturated rings. The van der Waals surface area contributed by atoms with Crippen molar-refractivity contribution in [3.63, 3.8) is 0 Å². The minimum Gasteiger partial charge on any atom is -0.376 e. The van der Waals surface area contributed by atoms with E-state index in [-0.39, 0.29) is 24.0 Å². The molecular weight excluding hydrogens is 452 g/mol. The second-order valence-corrected chi connectivity index (χ2v) is 11.2. The van der Waals surface area contributed by atoms with E-state index in [2.05, 4.69) is 54.2 Å². The zero-order valence-electron chi connectivity index (χ0n) is 21.7. The molecule has 1 N–H and O–H groups in total. The maximum atomic E-state index is 14.2. The van der Waals surface area contributed by atoms with Gasteiger partial charge in [0, 0.05) is 29.9 Å². The van der Waals surface area contributed by atoms with E-state index in [1.54, 1.807) is 0 Å². The summed E-state index contributed by atoms with van der Waals surface area (Å²) in [5.41, 5.74) is 5.38. The number of rotatable bonds is 4. The van der Waals surface area contributed by atoms with Crippen LogP contribution in [0.1, 0.15) is 63.5 Å². The van der Waals surface area contributed by atoms with Crippen molar-refractivity contribution in [3.05, 3.63) is 41.6 Å². The number of nitrogens with one attached hydrogen (secondary N) is 1. The largest absolute Gasteiger partial charge is 0.376 e. The van der Waals surface area contributed by atoms with Gasteiger partial charge < -0.3 is 24.6 Å². The van der Waals surface area contributed by atoms with E-state index < -0.39 is 0 Å². The number of nitrogens with zero attached hydrogens (tertiary/aromatic N) is 3. The zero-order valence-corrected chi connectivity index (χ0v) is 21.7. The van der Waals surface area contributed by atoms with Gasteiger partial charge in [0.25, 0.3) is 0 Å². The minimum absolute atomic E-state index is 0.0190. The maximum Gasteiger partial charge on any atom is 0.230 e. The van der Waals surface area contributed by atoms with Gasteiger partial charge in [-0.05, 0) is 83.1 Å². The molecule has 0 unspecified atom stereocenters. The molecule has 1 aromatic heterocycles. The molecule has 1 aromatic carbocycles. The van der Waals surface area contributed by atoms with Crippen molar-refractivity contribution in [1.29, 1.82) is 0 Å². The highest BCUT2D eigenvalue weighted by Crippen LogP contribution is 2.44. The first kappa shape index (κ1) is 23.7. The number of carbonyl (C=O) groups excluding carboxylic acids is 1. The number of pyridine rings is 1. The number of anilines is 4. The molecule has 3 saturated heterocycles. The smallest absolute Gasteiger partial charge is 0.230 e. The van der Waals surface area contributed by atoms with Crippen LogP contribution in [0.25, 0.3) is 0 Å². The molecule has 2 atom stereocenters. The molecule has 7 nitrogen and oxygen atoms in total. The molecule has 7 heteroatoms. The quantitative estimate of drug-likeness (QED) is 0.625. The third-order valence-electron chi connectivity index (χ3n) is 8.40. The molecule has 192 valence electrons. The predicted octanol–water partition coefficient (Wildman–Crippen LogP) is 5.33. The van der Waals surface area contributed by atoms with Gasteiger partial charge >= 0.3 is 0 Å². The second kappa shape index (κ2) is 9.67. The van der Waals surface area contributed by atoms with Crippen LogP contribution < -0.4 is 15.1 Å². The number of piperidine rings is 1. The van der Waals surface area contributed by atoms with Gasteiger partial charge in [-0.3, -0.25) is 4.79 Å². The average Bonchev–Trinajstić information content (AvgIpc) is 3.06. The Morgan fingerprint density at radius 1 is 1.14 bits per heavy atom. The molecule has 4 aliphatic heterocycles. The van der Waals surface area contributed by atoms with Gasteiger partial charge in [0.1, 0.15) is 5.82 Å². The molecule has 5 aliphatic rings. The lowest BCUT2D eigenvalue weighted by atomic mass is 9.86. The fourth-order valence-corrected chi connectivity index (χ4v) is 6.59. The van der Waals surface area contributed by atoms with E-state index in [0.29, 0.717) is 18.7 Å². The van der Waals surface area contributed by atoms with Gasteiger partial charge in [-0.15, -0.1) is 0 Å². The highest BCUT2D eigenvalue weighted by Gasteiger charge is 2.38. The third-order valence-corrected chi connectivity index (χ3v) is 8.40. The van der Waals surface area contributed by atoms with Crippen molar-refractivity contribution in [2.45, 2.75) is 90.2 Å². The SMILES string of the molecule is Cc1c(N2C[C@@H]3CC[C@@H]2CO3)ccc2c1N(C(=O)C1CCC(OC(C)C)CC1)Cc1cccnc1N2. The first-order valence-corrected chi connectivity index (χ1v) is 13.7. The van der Waals surface area contributed by atoms with Gasteiger partial charge in [-0.1, -0.05) is 6.07 Å². The number of fused-ring (bicyclic) bond motifs is 5. The summed E-state index contributed by atoms with van der Waals surface area (Å²) >= 11 is 0. The van der Waals surface area contributed by atoms with E-state index in [4.69, 9.17) is 9.47 Å². The Kier molecular flexibility index (Phi) is 6.38. The van der Waals surface area contributed by atoms with Crippen molar-refractivity contribution in [2.24, 2.45) is 5.92 Å². The van der Waals surface area contributed by atoms with Gasteiger partial charge in [-0.2, -0.15) is 0 Å². The third kappa shape index (κ3) is 4.37. The van der Waals surface area contributed by atoms with Crippen molar-refractivity contribution in [2.75, 3.05) is 28.3 Å². The number of hydrogen-bond acceptors (Lipinski definition) is 6. The number of benzene rings is 1. The fraction of sp³-hybridized carbons (Fsp3) is 0.586. The monoisotopic (exact) mass is 490 g/mol. The fourth-order valence-electron chi connectivity index (χ4n) is 6.59. The summed E-state index contributed by atoms with van der Waals surface area (Å²) in [5, 5.41) is 3.56. The second-order valence-electron chi connectivity index (χ2n) is 11.2. The van der Waals surface area contributed by atoms with Gasteiger partial charge in [0.05, 0.1) is 48.9 Å². The van der Waals surface area contributed by atoms with Crippen molar-refractivity contribution in [1.82, 2.24) is 4.98 Å². The molecule has 0 radical (unpaired) electrons. The Bertz CT molecular complexity index is 1120. The lowest BCUT2D eigenvalue weighted by Gasteiger charge is -2.47. The topological polar surface area (TPSA) is 66.9 Å². The lowest BCUT2D eigenvalue weighted by Crippen LogP contribution is -2.54. The van der Waals surface area contributed by atoms with Crippen molar-refractivity contribution >= 4 is 28.8 Å². The van der Waals surface area contributed by atoms with Crippen molar-refractivity contribution in [3.8, 4) is 0 Å². The maximum absolute atomic E-state index is 14.2. The van der Waals surface area contributed by atoms with Crippen LogP contribution in [-0.4, -0.2) is 48.4 Å². The molecule has 36 heavy (non-hydrogen) atoms. The molecule has 2 bridgehead atoms. The Morgan fingerprint density at radius 3 is 2.67 bits per heavy atom. The predicted molar refractivity (Wildman–Crippen MR) is 142 cm³/mol. The Morgan fingerprint density at radius 2 is 1.97 bits per heavy atom. The molecule has 2 aromatic rings. The van der Waals surface area contributed by atoms with E-state index in [1.165, 1.54) is 12.1 Å². The van der Waals surface area contributed by atoms with E-state index in [0.717, 1.165) is 73.6 Å². The first-order chi connectivity index (χ1) is 17.5. The summed E-state index contributed by atoms with van der Waals surface area (Å²) in [6.07, 6.45) is 8.56. The van der Waals surface area contributed by atoms with Crippen molar-refractivity contribution < 1.29 is 14.3 Å². The number of carbonyl (C=O) groups is 1. The number of hydrogen-bond donors (Lipinski definition) is 1.